The molecule has 1 atom stereocenters. The molecule has 27 heteroatoms. The number of ether oxygens (including phenoxy) is 6. The molecule has 6 aromatic rings. The van der Waals surface area contributed by atoms with E-state index >= 15 is 0 Å². The van der Waals surface area contributed by atoms with Crippen LogP contribution in [0.25, 0.3) is 0 Å². The van der Waals surface area contributed by atoms with E-state index in [2.05, 4.69) is 54.0 Å². The van der Waals surface area contributed by atoms with Crippen LogP contribution in [0.1, 0.15) is 129 Å². The number of benzene rings is 6. The molecule has 10 N–H and O–H groups in total. The van der Waals surface area contributed by atoms with Crippen LogP contribution in [0, 0.1) is 0 Å². The summed E-state index contributed by atoms with van der Waals surface area (Å²) in [5.41, 5.74) is 3.96. The summed E-state index contributed by atoms with van der Waals surface area (Å²) in [5.74, 6) is -1.58. The fourth-order valence-electron chi connectivity index (χ4n) is 10.8. The highest BCUT2D eigenvalue weighted by Crippen LogP contribution is 2.57. The van der Waals surface area contributed by atoms with Gasteiger partial charge in [-0.1, -0.05) is 38.0 Å². The summed E-state index contributed by atoms with van der Waals surface area (Å²) in [4.78, 5) is 106. The van der Waals surface area contributed by atoms with Crippen molar-refractivity contribution < 1.29 is 82.1 Å². The van der Waals surface area contributed by atoms with Gasteiger partial charge in [0.2, 0.25) is 11.8 Å². The lowest BCUT2D eigenvalue weighted by molar-refractivity contribution is -0.123. The predicted octanol–water partition coefficient (Wildman–Crippen LogP) is 9.03. The number of aromatic hydroxyl groups is 2. The Kier molecular flexibility index (Phi) is 28.5. The van der Waals surface area contributed by atoms with Crippen molar-refractivity contribution in [1.29, 1.82) is 0 Å². The summed E-state index contributed by atoms with van der Waals surface area (Å²) >= 11 is 0. The normalized spacial score (nSPS) is 12.5. The molecule has 7 amide bonds. The van der Waals surface area contributed by atoms with Crippen molar-refractivity contribution in [3.8, 4) is 28.7 Å². The molecular weight excluding hydrogens is 1290 g/mol. The first-order valence-electron chi connectivity index (χ1n) is 33.2. The van der Waals surface area contributed by atoms with Crippen LogP contribution >= 0.6 is 0 Å². The van der Waals surface area contributed by atoms with Crippen molar-refractivity contribution in [1.82, 2.24) is 37.2 Å². The van der Waals surface area contributed by atoms with Crippen molar-refractivity contribution in [3.05, 3.63) is 178 Å². The molecule has 27 nitrogen and oxygen atoms in total. The number of esters is 1. The van der Waals surface area contributed by atoms with E-state index in [-0.39, 0.29) is 131 Å². The van der Waals surface area contributed by atoms with Crippen molar-refractivity contribution in [2.45, 2.75) is 82.3 Å². The first kappa shape index (κ1) is 74.7. The number of hydrogen-bond donors (Lipinski definition) is 10. The van der Waals surface area contributed by atoms with Crippen molar-refractivity contribution >= 4 is 64.8 Å². The molecule has 6 aromatic carbocycles. The zero-order chi connectivity index (χ0) is 71.2. The molecule has 0 saturated heterocycles. The Morgan fingerprint density at radius 1 is 0.570 bits per heavy atom. The van der Waals surface area contributed by atoms with E-state index in [0.717, 1.165) is 18.5 Å². The topological polar surface area (TPSA) is 365 Å². The van der Waals surface area contributed by atoms with Gasteiger partial charge in [0.25, 0.3) is 17.7 Å². The zero-order valence-electron chi connectivity index (χ0n) is 56.1. The Labute approximate surface area is 579 Å². The van der Waals surface area contributed by atoms with Crippen molar-refractivity contribution in [3.63, 3.8) is 0 Å². The molecular formula is C73H86N10O17. The van der Waals surface area contributed by atoms with Gasteiger partial charge >= 0.3 is 18.2 Å². The number of aliphatic hydroxyl groups is 1. The molecule has 2 heterocycles. The number of unbranched alkanes of at least 4 members (excludes halogenated alkanes) is 6. The molecule has 0 aromatic heterocycles. The zero-order valence-corrected chi connectivity index (χ0v) is 56.1. The molecule has 1 spiro atoms. The molecule has 0 radical (unpaired) electrons. The van der Waals surface area contributed by atoms with Gasteiger partial charge in [-0.3, -0.25) is 24.0 Å². The molecule has 0 fully saturated rings. The van der Waals surface area contributed by atoms with Gasteiger partial charge in [-0.25, -0.2) is 14.4 Å². The first-order valence-corrected chi connectivity index (χ1v) is 33.2. The highest BCUT2D eigenvalue weighted by atomic mass is 16.6. The van der Waals surface area contributed by atoms with Crippen molar-refractivity contribution in [2.24, 2.45) is 10.2 Å². The number of phenolic OH excluding ortho intramolecular Hbond substituents is 2. The summed E-state index contributed by atoms with van der Waals surface area (Å²) in [7, 11) is 3.92. The second-order valence-electron chi connectivity index (χ2n) is 23.8. The van der Waals surface area contributed by atoms with E-state index in [1.165, 1.54) is 30.3 Å². The third-order valence-corrected chi connectivity index (χ3v) is 16.1. The molecule has 0 aliphatic carbocycles. The molecule has 0 bridgehead atoms. The maximum Gasteiger partial charge on any atom is 0.407 e. The average Bonchev–Trinajstić information content (AvgIpc) is 1.48. The highest BCUT2D eigenvalue weighted by molar-refractivity contribution is 6.02. The Hall–Kier alpha value is -11.1. The molecule has 0 saturated carbocycles. The molecule has 8 rings (SSSR count). The number of aliphatic hydroxyl groups excluding tert-OH is 1. The van der Waals surface area contributed by atoms with Crippen LogP contribution in [-0.2, 0) is 34.1 Å². The summed E-state index contributed by atoms with van der Waals surface area (Å²) in [5, 5.41) is 57.3. The number of carbonyl (C=O) groups is 8. The minimum absolute atomic E-state index is 0.0301. The maximum atomic E-state index is 13.5. The SMILES string of the molecule is C=C(CNC(=O)CCCCCNC(=O)c1ccc2c(c1)C(=O)OC21c2ccc(O)cc2Oc2cc(O)ccc21)COC(=O)NCCCCC(NC(=O)OCCOCCOc1cccc(C(=O)NCCNC(=O)c2ccc(N=Nc3ccc(N(C)C)cc3)cc2)c1)C(=O)NCCCCCCO. The van der Waals surface area contributed by atoms with Gasteiger partial charge in [-0.15, -0.1) is 0 Å². The number of nitrogens with zero attached hydrogens (tertiary/aromatic N) is 3. The number of phenols is 2. The Morgan fingerprint density at radius 2 is 1.15 bits per heavy atom. The molecule has 530 valence electrons. The van der Waals surface area contributed by atoms with Crippen molar-refractivity contribution in [2.75, 3.05) is 97.9 Å². The first-order chi connectivity index (χ1) is 48.4. The minimum atomic E-state index is -1.45. The highest BCUT2D eigenvalue weighted by Gasteiger charge is 2.54. The van der Waals surface area contributed by atoms with E-state index in [4.69, 9.17) is 33.5 Å². The largest absolute Gasteiger partial charge is 0.508 e. The molecule has 2 aliphatic rings. The quantitative estimate of drug-likeness (QED) is 0.00565. The Balaban J connectivity index is 0.644. The number of rotatable bonds is 39. The van der Waals surface area contributed by atoms with Crippen LogP contribution in [0.2, 0.25) is 0 Å². The number of nitrogens with one attached hydrogen (secondary N) is 7. The minimum Gasteiger partial charge on any atom is -0.508 e. The number of carbonyl (C=O) groups excluding carboxylic acids is 8. The monoisotopic (exact) mass is 1370 g/mol. The van der Waals surface area contributed by atoms with Crippen LogP contribution in [-0.4, -0.2) is 162 Å². The third kappa shape index (κ3) is 22.2. The molecule has 2 aliphatic heterocycles. The standard InChI is InChI=1S/C73H86N10O17/c1-48(46-79-65(87)17-7-6-10-32-74-68(90)51-20-29-59-58(43-51)70(92)100-73(59)60-30-27-55(85)44-63(60)99-64-45-56(86)28-31-61(64)73)47-98-71(93)78-34-11-8-16-62(69(91)75-33-9-4-5-12-37-84)80-72(94)97-41-39-95-38-40-96-57-15-13-14-50(42-57)67(89)77-36-35-76-66(88)49-18-21-52(22-19-49)81-82-53-23-25-54(26-24-53)83(2)3/h13-15,18-31,42-45,62,84-86H,1,4-12,16-17,32-41,46-47H2,2-3H3,(H,74,90)(H,75,91)(H,76,88)(H,77,89)(H,78,93)(H,79,87)(H,80,94). The summed E-state index contributed by atoms with van der Waals surface area (Å²) in [6.07, 6.45) is 4.50. The van der Waals surface area contributed by atoms with E-state index in [1.807, 2.05) is 43.3 Å². The number of alkyl carbamates (subject to hydrolysis) is 2. The van der Waals surface area contributed by atoms with Crippen LogP contribution in [0.4, 0.5) is 26.7 Å². The summed E-state index contributed by atoms with van der Waals surface area (Å²) in [6, 6.07) is 33.6. The smallest absolute Gasteiger partial charge is 0.407 e. The Bertz CT molecular complexity index is 3790. The van der Waals surface area contributed by atoms with E-state index < -0.39 is 41.6 Å². The summed E-state index contributed by atoms with van der Waals surface area (Å²) in [6.45, 7) is 5.34. The number of hydrogen-bond acceptors (Lipinski definition) is 20. The summed E-state index contributed by atoms with van der Waals surface area (Å²) < 4.78 is 34.0. The van der Waals surface area contributed by atoms with Crippen LogP contribution in [0.5, 0.6) is 28.7 Å². The van der Waals surface area contributed by atoms with E-state index in [1.54, 1.807) is 72.8 Å². The number of anilines is 1. The molecule has 100 heavy (non-hydrogen) atoms. The lowest BCUT2D eigenvalue weighted by Gasteiger charge is -2.36. The maximum absolute atomic E-state index is 13.5. The van der Waals surface area contributed by atoms with Crippen LogP contribution in [0.3, 0.4) is 0 Å². The number of amides is 7. The van der Waals surface area contributed by atoms with Gasteiger partial charge in [-0.2, -0.15) is 10.2 Å². The van der Waals surface area contributed by atoms with Gasteiger partial charge in [0.05, 0.1) is 30.2 Å². The number of azo groups is 1. The predicted molar refractivity (Wildman–Crippen MR) is 370 cm³/mol. The van der Waals surface area contributed by atoms with Gasteiger partial charge in [0, 0.05) is 118 Å². The molecule has 1 unspecified atom stereocenters. The fraction of sp³-hybridized carbons (Fsp3) is 0.370. The lowest BCUT2D eigenvalue weighted by Crippen LogP contribution is -2.47. The Morgan fingerprint density at radius 3 is 1.83 bits per heavy atom. The van der Waals surface area contributed by atoms with Gasteiger partial charge < -0.3 is 85.9 Å². The number of fused-ring (bicyclic) bond motifs is 6. The van der Waals surface area contributed by atoms with Crippen LogP contribution in [0.15, 0.2) is 150 Å². The fourth-order valence-corrected chi connectivity index (χ4v) is 10.8. The lowest BCUT2D eigenvalue weighted by atomic mass is 9.77. The second-order valence-corrected chi connectivity index (χ2v) is 23.8. The third-order valence-electron chi connectivity index (χ3n) is 16.1. The van der Waals surface area contributed by atoms with Gasteiger partial charge in [0.1, 0.15) is 54.6 Å². The average molecular weight is 1380 g/mol. The van der Waals surface area contributed by atoms with E-state index in [0.29, 0.717) is 109 Å². The van der Waals surface area contributed by atoms with E-state index in [9.17, 15) is 48.6 Å². The van der Waals surface area contributed by atoms with Crippen LogP contribution < -0.4 is 51.6 Å². The second kappa shape index (κ2) is 38.2. The van der Waals surface area contributed by atoms with Gasteiger partial charge in [-0.05, 0) is 154 Å². The van der Waals surface area contributed by atoms with Gasteiger partial charge in [0.15, 0.2) is 5.60 Å².